The minimum Gasteiger partial charge on any atom is -0.373 e. The zero-order valence-electron chi connectivity index (χ0n) is 11.1. The maximum absolute atomic E-state index is 4.34. The van der Waals surface area contributed by atoms with Gasteiger partial charge in [-0.05, 0) is 24.3 Å². The van der Waals surface area contributed by atoms with Crippen LogP contribution in [-0.4, -0.2) is 35.6 Å². The molecule has 0 saturated carbocycles. The van der Waals surface area contributed by atoms with Gasteiger partial charge in [-0.15, -0.1) is 0 Å². The summed E-state index contributed by atoms with van der Waals surface area (Å²) in [6, 6.07) is 0. The zero-order valence-corrected chi connectivity index (χ0v) is 11.9. The third-order valence-corrected chi connectivity index (χ3v) is 3.21. The third kappa shape index (κ3) is 4.07. The lowest BCUT2D eigenvalue weighted by Gasteiger charge is -2.16. The lowest BCUT2D eigenvalue weighted by molar-refractivity contribution is 0.844. The minimum atomic E-state index is 0.404. The molecule has 0 unspecified atom stereocenters. The summed E-state index contributed by atoms with van der Waals surface area (Å²) < 4.78 is 0. The second kappa shape index (κ2) is 7.37. The fourth-order valence-corrected chi connectivity index (χ4v) is 2.14. The zero-order chi connectivity index (χ0) is 12.7. The highest BCUT2D eigenvalue weighted by Crippen LogP contribution is 2.27. The first-order valence-corrected chi connectivity index (χ1v) is 7.35. The maximum Gasteiger partial charge on any atom is 0.134 e. The van der Waals surface area contributed by atoms with Crippen molar-refractivity contribution in [2.45, 2.75) is 26.2 Å². The van der Waals surface area contributed by atoms with Crippen LogP contribution in [0.25, 0.3) is 0 Å². The molecule has 1 aromatic heterocycles. The van der Waals surface area contributed by atoms with Crippen LogP contribution < -0.4 is 10.6 Å². The number of nitrogens with zero attached hydrogens (tertiary/aromatic N) is 2. The molecule has 0 aromatic carbocycles. The van der Waals surface area contributed by atoms with Crippen molar-refractivity contribution in [1.29, 1.82) is 0 Å². The van der Waals surface area contributed by atoms with Crippen molar-refractivity contribution in [3.63, 3.8) is 0 Å². The highest BCUT2D eigenvalue weighted by Gasteiger charge is 2.13. The van der Waals surface area contributed by atoms with Gasteiger partial charge in [0.15, 0.2) is 0 Å². The number of aromatic nitrogens is 2. The molecule has 4 nitrogen and oxygen atoms in total. The fourth-order valence-electron chi connectivity index (χ4n) is 1.71. The summed E-state index contributed by atoms with van der Waals surface area (Å²) >= 11 is 1.87. The summed E-state index contributed by atoms with van der Waals surface area (Å²) in [5.41, 5.74) is 1.17. The smallest absolute Gasteiger partial charge is 0.134 e. The van der Waals surface area contributed by atoms with E-state index in [0.717, 1.165) is 24.6 Å². The molecular weight excluding hydrogens is 232 g/mol. The molecule has 0 bridgehead atoms. The first-order valence-electron chi connectivity index (χ1n) is 5.96. The molecule has 1 heterocycles. The van der Waals surface area contributed by atoms with Crippen LogP contribution in [0.4, 0.5) is 11.6 Å². The van der Waals surface area contributed by atoms with Crippen molar-refractivity contribution >= 4 is 23.4 Å². The molecule has 1 rings (SSSR count). The van der Waals surface area contributed by atoms with E-state index in [0.29, 0.717) is 5.92 Å². The highest BCUT2D eigenvalue weighted by molar-refractivity contribution is 7.98. The molecule has 0 aliphatic heterocycles. The summed E-state index contributed by atoms with van der Waals surface area (Å²) in [7, 11) is 1.89. The molecule has 5 heteroatoms. The van der Waals surface area contributed by atoms with E-state index in [1.807, 2.05) is 18.8 Å². The third-order valence-electron chi connectivity index (χ3n) is 2.52. The minimum absolute atomic E-state index is 0.404. The highest BCUT2D eigenvalue weighted by atomic mass is 32.2. The normalized spacial score (nSPS) is 10.6. The van der Waals surface area contributed by atoms with E-state index < -0.39 is 0 Å². The first-order chi connectivity index (χ1) is 8.20. The number of hydrogen-bond acceptors (Lipinski definition) is 5. The van der Waals surface area contributed by atoms with Crippen LogP contribution >= 0.6 is 11.8 Å². The van der Waals surface area contributed by atoms with Crippen molar-refractivity contribution in [3.05, 3.63) is 11.9 Å². The number of nitrogens with one attached hydrogen (secondary N) is 2. The van der Waals surface area contributed by atoms with Gasteiger partial charge in [-0.3, -0.25) is 0 Å². The predicted octanol–water partition coefficient (Wildman–Crippen LogP) is 2.81. The first kappa shape index (κ1) is 14.1. The van der Waals surface area contributed by atoms with E-state index in [-0.39, 0.29) is 0 Å². The molecule has 0 saturated heterocycles. The Balaban J connectivity index is 2.76. The van der Waals surface area contributed by atoms with Crippen LogP contribution in [0.5, 0.6) is 0 Å². The summed E-state index contributed by atoms with van der Waals surface area (Å²) in [5.74, 6) is 3.46. The van der Waals surface area contributed by atoms with Crippen LogP contribution in [0.1, 0.15) is 31.7 Å². The Morgan fingerprint density at radius 3 is 2.59 bits per heavy atom. The average Bonchev–Trinajstić information content (AvgIpc) is 2.33. The molecule has 17 heavy (non-hydrogen) atoms. The Morgan fingerprint density at radius 1 is 1.29 bits per heavy atom. The van der Waals surface area contributed by atoms with Crippen molar-refractivity contribution in [2.24, 2.45) is 0 Å². The van der Waals surface area contributed by atoms with Gasteiger partial charge >= 0.3 is 0 Å². The molecule has 0 spiro atoms. The van der Waals surface area contributed by atoms with Gasteiger partial charge in [-0.25, -0.2) is 9.97 Å². The Labute approximate surface area is 108 Å². The standard InChI is InChI=1S/C12H22N4S/c1-9(2)10-11(13-3)15-8-16-12(10)14-6-5-7-17-4/h8-9H,5-7H2,1-4H3,(H2,13,14,15,16). The Bertz CT molecular complexity index is 341. The molecule has 0 radical (unpaired) electrons. The monoisotopic (exact) mass is 254 g/mol. The molecule has 0 atom stereocenters. The second-order valence-electron chi connectivity index (χ2n) is 4.16. The lowest BCUT2D eigenvalue weighted by Crippen LogP contribution is -2.11. The van der Waals surface area contributed by atoms with Crippen molar-refractivity contribution in [2.75, 3.05) is 36.2 Å². The van der Waals surface area contributed by atoms with E-state index in [2.05, 4.69) is 40.7 Å². The van der Waals surface area contributed by atoms with Crippen molar-refractivity contribution < 1.29 is 0 Å². The van der Waals surface area contributed by atoms with Crippen molar-refractivity contribution in [1.82, 2.24) is 9.97 Å². The molecule has 0 amide bonds. The fraction of sp³-hybridized carbons (Fsp3) is 0.667. The van der Waals surface area contributed by atoms with Gasteiger partial charge in [0.2, 0.25) is 0 Å². The van der Waals surface area contributed by atoms with Crippen LogP contribution in [0, 0.1) is 0 Å². The van der Waals surface area contributed by atoms with Crippen LogP contribution in [0.3, 0.4) is 0 Å². The number of thioether (sulfide) groups is 1. The number of rotatable bonds is 7. The van der Waals surface area contributed by atoms with Crippen LogP contribution in [0.15, 0.2) is 6.33 Å². The molecule has 0 aliphatic rings. The van der Waals surface area contributed by atoms with E-state index in [1.165, 1.54) is 11.3 Å². The van der Waals surface area contributed by atoms with Gasteiger partial charge in [-0.2, -0.15) is 11.8 Å². The summed E-state index contributed by atoms with van der Waals surface area (Å²) in [5, 5.41) is 6.52. The largest absolute Gasteiger partial charge is 0.373 e. The lowest BCUT2D eigenvalue weighted by atomic mass is 10.0. The Kier molecular flexibility index (Phi) is 6.11. The average molecular weight is 254 g/mol. The van der Waals surface area contributed by atoms with Gasteiger partial charge in [0.1, 0.15) is 18.0 Å². The van der Waals surface area contributed by atoms with Gasteiger partial charge in [0.25, 0.3) is 0 Å². The summed E-state index contributed by atoms with van der Waals surface area (Å²) in [6.45, 7) is 5.28. The van der Waals surface area contributed by atoms with E-state index in [4.69, 9.17) is 0 Å². The SMILES string of the molecule is CNc1ncnc(NCCCSC)c1C(C)C. The topological polar surface area (TPSA) is 49.8 Å². The van der Waals surface area contributed by atoms with Gasteiger partial charge in [0.05, 0.1) is 0 Å². The molecule has 2 N–H and O–H groups in total. The van der Waals surface area contributed by atoms with Crippen molar-refractivity contribution in [3.8, 4) is 0 Å². The Hall–Kier alpha value is -0.970. The number of anilines is 2. The van der Waals surface area contributed by atoms with Gasteiger partial charge in [0, 0.05) is 19.2 Å². The summed E-state index contributed by atoms with van der Waals surface area (Å²) in [4.78, 5) is 8.59. The molecule has 1 aromatic rings. The van der Waals surface area contributed by atoms with E-state index in [9.17, 15) is 0 Å². The van der Waals surface area contributed by atoms with E-state index in [1.54, 1.807) is 6.33 Å². The van der Waals surface area contributed by atoms with Gasteiger partial charge < -0.3 is 10.6 Å². The van der Waals surface area contributed by atoms with Crippen LogP contribution in [0.2, 0.25) is 0 Å². The summed E-state index contributed by atoms with van der Waals surface area (Å²) in [6.07, 6.45) is 4.88. The molecule has 0 fully saturated rings. The van der Waals surface area contributed by atoms with Crippen LogP contribution in [-0.2, 0) is 0 Å². The van der Waals surface area contributed by atoms with Gasteiger partial charge in [-0.1, -0.05) is 13.8 Å². The predicted molar refractivity (Wildman–Crippen MR) is 77.2 cm³/mol. The Morgan fingerprint density at radius 2 is 2.00 bits per heavy atom. The quantitative estimate of drug-likeness (QED) is 0.733. The maximum atomic E-state index is 4.34. The number of hydrogen-bond donors (Lipinski definition) is 2. The molecule has 96 valence electrons. The second-order valence-corrected chi connectivity index (χ2v) is 5.15. The molecular formula is C12H22N4S. The molecule has 0 aliphatic carbocycles. The van der Waals surface area contributed by atoms with E-state index >= 15 is 0 Å².